The summed E-state index contributed by atoms with van der Waals surface area (Å²) in [6.45, 7) is 2.12. The third-order valence-corrected chi connectivity index (χ3v) is 4.25. The molecule has 0 bridgehead atoms. The van der Waals surface area contributed by atoms with E-state index in [4.69, 9.17) is 0 Å². The van der Waals surface area contributed by atoms with E-state index in [1.165, 1.54) is 5.56 Å². The first-order valence-corrected chi connectivity index (χ1v) is 8.26. The maximum Gasteiger partial charge on any atom is 0.243 e. The normalized spacial score (nSPS) is 20.1. The summed E-state index contributed by atoms with van der Waals surface area (Å²) >= 11 is 0. The zero-order valence-corrected chi connectivity index (χ0v) is 13.4. The predicted octanol–water partition coefficient (Wildman–Crippen LogP) is 4.11. The van der Waals surface area contributed by atoms with Gasteiger partial charge in [0.1, 0.15) is 0 Å². The Balaban J connectivity index is 1.63. The van der Waals surface area contributed by atoms with Crippen molar-refractivity contribution in [2.24, 2.45) is 11.0 Å². The molecule has 1 saturated carbocycles. The SMILES string of the molecule is CCC/C(=N/NC(=O)[C@H]1C[C@@H]1c1ccccc1)c1ccccc1. The first-order valence-electron chi connectivity index (χ1n) is 8.26. The Morgan fingerprint density at radius 2 is 1.74 bits per heavy atom. The van der Waals surface area contributed by atoms with E-state index in [0.717, 1.165) is 30.5 Å². The van der Waals surface area contributed by atoms with Crippen LogP contribution in [0.2, 0.25) is 0 Å². The Morgan fingerprint density at radius 3 is 2.39 bits per heavy atom. The van der Waals surface area contributed by atoms with Gasteiger partial charge in [0.15, 0.2) is 0 Å². The molecule has 0 saturated heterocycles. The highest BCUT2D eigenvalue weighted by Crippen LogP contribution is 2.47. The van der Waals surface area contributed by atoms with Crippen molar-refractivity contribution >= 4 is 11.6 Å². The third-order valence-electron chi connectivity index (χ3n) is 4.25. The van der Waals surface area contributed by atoms with Gasteiger partial charge in [-0.2, -0.15) is 5.10 Å². The Hall–Kier alpha value is -2.42. The van der Waals surface area contributed by atoms with Gasteiger partial charge in [-0.15, -0.1) is 0 Å². The first-order chi connectivity index (χ1) is 11.3. The molecule has 0 radical (unpaired) electrons. The monoisotopic (exact) mass is 306 g/mol. The van der Waals surface area contributed by atoms with Crippen LogP contribution in [0.3, 0.4) is 0 Å². The molecule has 1 N–H and O–H groups in total. The zero-order chi connectivity index (χ0) is 16.1. The van der Waals surface area contributed by atoms with Crippen molar-refractivity contribution in [2.75, 3.05) is 0 Å². The molecule has 23 heavy (non-hydrogen) atoms. The smallest absolute Gasteiger partial charge is 0.243 e. The molecule has 0 heterocycles. The van der Waals surface area contributed by atoms with Gasteiger partial charge in [-0.25, -0.2) is 5.43 Å². The lowest BCUT2D eigenvalue weighted by Crippen LogP contribution is -2.22. The molecule has 2 aromatic carbocycles. The average molecular weight is 306 g/mol. The van der Waals surface area contributed by atoms with Crippen molar-refractivity contribution in [1.82, 2.24) is 5.43 Å². The van der Waals surface area contributed by atoms with E-state index in [9.17, 15) is 4.79 Å². The molecule has 0 aromatic heterocycles. The molecule has 0 spiro atoms. The van der Waals surface area contributed by atoms with Crippen LogP contribution in [0.4, 0.5) is 0 Å². The molecule has 1 aliphatic carbocycles. The highest BCUT2D eigenvalue weighted by molar-refractivity contribution is 6.01. The number of hydrogen-bond donors (Lipinski definition) is 1. The Morgan fingerprint density at radius 1 is 1.09 bits per heavy atom. The summed E-state index contributed by atoms with van der Waals surface area (Å²) < 4.78 is 0. The van der Waals surface area contributed by atoms with Crippen LogP contribution >= 0.6 is 0 Å². The number of hydrazone groups is 1. The van der Waals surface area contributed by atoms with E-state index in [1.54, 1.807) is 0 Å². The van der Waals surface area contributed by atoms with Crippen LogP contribution in [-0.2, 0) is 4.79 Å². The van der Waals surface area contributed by atoms with Crippen LogP contribution in [0.25, 0.3) is 0 Å². The van der Waals surface area contributed by atoms with E-state index in [0.29, 0.717) is 5.92 Å². The fourth-order valence-electron chi connectivity index (χ4n) is 2.89. The van der Waals surface area contributed by atoms with Gasteiger partial charge in [-0.3, -0.25) is 4.79 Å². The number of carbonyl (C=O) groups is 1. The topological polar surface area (TPSA) is 41.5 Å². The standard InChI is InChI=1S/C20H22N2O/c1-2-9-19(16-12-7-4-8-13-16)21-22-20(23)18-14-17(18)15-10-5-3-6-11-15/h3-8,10-13,17-18H,2,9,14H2,1H3,(H,22,23)/b21-19-/t17-,18+/m1/s1. The zero-order valence-electron chi connectivity index (χ0n) is 13.4. The highest BCUT2D eigenvalue weighted by Gasteiger charge is 2.43. The fraction of sp³-hybridized carbons (Fsp3) is 0.300. The van der Waals surface area contributed by atoms with Gasteiger partial charge in [0.2, 0.25) is 5.91 Å². The van der Waals surface area contributed by atoms with Crippen LogP contribution in [0.1, 0.15) is 43.2 Å². The van der Waals surface area contributed by atoms with Crippen LogP contribution in [0.5, 0.6) is 0 Å². The van der Waals surface area contributed by atoms with Crippen molar-refractivity contribution in [2.45, 2.75) is 32.1 Å². The van der Waals surface area contributed by atoms with Gasteiger partial charge in [-0.1, -0.05) is 74.0 Å². The Labute approximate surface area is 137 Å². The van der Waals surface area contributed by atoms with E-state index < -0.39 is 0 Å². The van der Waals surface area contributed by atoms with Crippen LogP contribution in [0.15, 0.2) is 65.8 Å². The summed E-state index contributed by atoms with van der Waals surface area (Å²) in [7, 11) is 0. The lowest BCUT2D eigenvalue weighted by atomic mass is 10.1. The van der Waals surface area contributed by atoms with E-state index >= 15 is 0 Å². The molecule has 3 nitrogen and oxygen atoms in total. The van der Waals surface area contributed by atoms with Crippen molar-refractivity contribution < 1.29 is 4.79 Å². The minimum atomic E-state index is 0.0309. The fourth-order valence-corrected chi connectivity index (χ4v) is 2.89. The molecule has 2 aromatic rings. The van der Waals surface area contributed by atoms with Gasteiger partial charge in [-0.05, 0) is 29.9 Å². The molecule has 3 heteroatoms. The first kappa shape index (κ1) is 15.5. The van der Waals surface area contributed by atoms with Gasteiger partial charge >= 0.3 is 0 Å². The number of benzene rings is 2. The molecule has 0 aliphatic heterocycles. The molecule has 0 unspecified atom stereocenters. The summed E-state index contributed by atoms with van der Waals surface area (Å²) in [4.78, 5) is 12.3. The largest absolute Gasteiger partial charge is 0.273 e. The van der Waals surface area contributed by atoms with E-state index in [2.05, 4.69) is 29.6 Å². The minimum Gasteiger partial charge on any atom is -0.273 e. The van der Waals surface area contributed by atoms with Crippen molar-refractivity contribution in [3.05, 3.63) is 71.8 Å². The van der Waals surface area contributed by atoms with Crippen LogP contribution in [-0.4, -0.2) is 11.6 Å². The van der Waals surface area contributed by atoms with Crippen molar-refractivity contribution in [3.8, 4) is 0 Å². The quantitative estimate of drug-likeness (QED) is 0.633. The van der Waals surface area contributed by atoms with E-state index in [-0.39, 0.29) is 11.8 Å². The highest BCUT2D eigenvalue weighted by atomic mass is 16.2. The molecule has 1 aliphatic rings. The number of hydrogen-bond acceptors (Lipinski definition) is 2. The summed E-state index contributed by atoms with van der Waals surface area (Å²) in [6.07, 6.45) is 2.77. The maximum absolute atomic E-state index is 12.3. The molecule has 2 atom stereocenters. The second-order valence-corrected chi connectivity index (χ2v) is 6.01. The molecule has 3 rings (SSSR count). The Kier molecular flexibility index (Phi) is 4.86. The number of nitrogens with zero attached hydrogens (tertiary/aromatic N) is 1. The number of nitrogens with one attached hydrogen (secondary N) is 1. The summed E-state index contributed by atoms with van der Waals surface area (Å²) in [5, 5.41) is 4.39. The number of carbonyl (C=O) groups excluding carboxylic acids is 1. The molecule has 118 valence electrons. The summed E-state index contributed by atoms with van der Waals surface area (Å²) in [5.74, 6) is 0.431. The molecule has 1 fully saturated rings. The second-order valence-electron chi connectivity index (χ2n) is 6.01. The second kappa shape index (κ2) is 7.23. The summed E-state index contributed by atoms with van der Waals surface area (Å²) in [6, 6.07) is 20.3. The van der Waals surface area contributed by atoms with Gasteiger partial charge in [0, 0.05) is 5.92 Å². The minimum absolute atomic E-state index is 0.0309. The summed E-state index contributed by atoms with van der Waals surface area (Å²) in [5.41, 5.74) is 6.04. The average Bonchev–Trinajstić information content (AvgIpc) is 3.41. The maximum atomic E-state index is 12.3. The van der Waals surface area contributed by atoms with Gasteiger partial charge in [0.25, 0.3) is 0 Å². The lowest BCUT2D eigenvalue weighted by Gasteiger charge is -2.06. The van der Waals surface area contributed by atoms with Crippen molar-refractivity contribution in [1.29, 1.82) is 0 Å². The Bertz CT molecular complexity index is 679. The lowest BCUT2D eigenvalue weighted by molar-refractivity contribution is -0.122. The molecular formula is C20H22N2O. The molecular weight excluding hydrogens is 284 g/mol. The number of rotatable bonds is 6. The van der Waals surface area contributed by atoms with Gasteiger partial charge in [0.05, 0.1) is 5.71 Å². The van der Waals surface area contributed by atoms with E-state index in [1.807, 2.05) is 48.5 Å². The van der Waals surface area contributed by atoms with Crippen LogP contribution in [0, 0.1) is 5.92 Å². The van der Waals surface area contributed by atoms with Crippen molar-refractivity contribution in [3.63, 3.8) is 0 Å². The molecule has 1 amide bonds. The third kappa shape index (κ3) is 3.86. The van der Waals surface area contributed by atoms with Crippen LogP contribution < -0.4 is 5.43 Å². The van der Waals surface area contributed by atoms with Gasteiger partial charge < -0.3 is 0 Å². The predicted molar refractivity (Wildman–Crippen MR) is 93.3 cm³/mol. The number of amides is 1.